The first-order valence-electron chi connectivity index (χ1n) is 5.93. The van der Waals surface area contributed by atoms with E-state index in [1.165, 1.54) is 0 Å². The van der Waals surface area contributed by atoms with Crippen LogP contribution < -0.4 is 5.32 Å². The molecule has 0 aliphatic carbocycles. The molecule has 0 radical (unpaired) electrons. The maximum absolute atomic E-state index is 11.9. The van der Waals surface area contributed by atoms with Crippen molar-refractivity contribution in [2.45, 2.75) is 32.7 Å². The largest absolute Gasteiger partial charge is 0.349 e. The third-order valence-corrected chi connectivity index (χ3v) is 2.51. The number of benzene rings is 1. The molecule has 0 aliphatic heterocycles. The van der Waals surface area contributed by atoms with Crippen LogP contribution in [0.4, 0.5) is 0 Å². The first kappa shape index (κ1) is 13.4. The van der Waals surface area contributed by atoms with Crippen LogP contribution in [0.3, 0.4) is 0 Å². The minimum absolute atomic E-state index is 0.0693. The van der Waals surface area contributed by atoms with E-state index in [-0.39, 0.29) is 11.9 Å². The van der Waals surface area contributed by atoms with Crippen LogP contribution in [0.2, 0.25) is 0 Å². The molecule has 17 heavy (non-hydrogen) atoms. The van der Waals surface area contributed by atoms with Crippen LogP contribution in [0.1, 0.15) is 37.0 Å². The lowest BCUT2D eigenvalue weighted by molar-refractivity contribution is -0.108. The fourth-order valence-corrected chi connectivity index (χ4v) is 1.76. The number of rotatable bonds is 6. The van der Waals surface area contributed by atoms with Gasteiger partial charge in [0.1, 0.15) is 6.29 Å². The van der Waals surface area contributed by atoms with E-state index in [4.69, 9.17) is 0 Å². The van der Waals surface area contributed by atoms with Crippen molar-refractivity contribution in [2.75, 3.05) is 0 Å². The van der Waals surface area contributed by atoms with Gasteiger partial charge >= 0.3 is 0 Å². The molecule has 3 nitrogen and oxygen atoms in total. The Labute approximate surface area is 102 Å². The molecule has 0 aromatic heterocycles. The van der Waals surface area contributed by atoms with E-state index < -0.39 is 0 Å². The second-order valence-electron chi connectivity index (χ2n) is 4.57. The molecule has 3 heteroatoms. The molecular formula is C14H19NO2. The Morgan fingerprint density at radius 1 is 1.29 bits per heavy atom. The van der Waals surface area contributed by atoms with Gasteiger partial charge < -0.3 is 10.1 Å². The number of nitrogens with one attached hydrogen (secondary N) is 1. The molecule has 1 unspecified atom stereocenters. The maximum Gasteiger partial charge on any atom is 0.251 e. The fourth-order valence-electron chi connectivity index (χ4n) is 1.76. The second kappa shape index (κ2) is 6.84. The molecule has 0 saturated heterocycles. The third kappa shape index (κ3) is 4.81. The molecule has 1 aromatic rings. The zero-order valence-corrected chi connectivity index (χ0v) is 10.3. The molecule has 0 heterocycles. The van der Waals surface area contributed by atoms with Crippen LogP contribution in [-0.4, -0.2) is 18.2 Å². The number of carbonyl (C=O) groups excluding carboxylic acids is 2. The van der Waals surface area contributed by atoms with Gasteiger partial charge in [-0.1, -0.05) is 32.0 Å². The van der Waals surface area contributed by atoms with Crippen molar-refractivity contribution in [2.24, 2.45) is 5.92 Å². The minimum Gasteiger partial charge on any atom is -0.349 e. The first-order chi connectivity index (χ1) is 8.13. The minimum atomic E-state index is -0.113. The van der Waals surface area contributed by atoms with Crippen molar-refractivity contribution in [3.63, 3.8) is 0 Å². The van der Waals surface area contributed by atoms with E-state index >= 15 is 0 Å². The van der Waals surface area contributed by atoms with Crippen molar-refractivity contribution >= 4 is 12.2 Å². The molecule has 0 aliphatic rings. The number of carbonyl (C=O) groups is 2. The zero-order valence-electron chi connectivity index (χ0n) is 10.3. The average Bonchev–Trinajstić information content (AvgIpc) is 2.29. The van der Waals surface area contributed by atoms with Gasteiger partial charge in [-0.2, -0.15) is 0 Å². The van der Waals surface area contributed by atoms with Crippen LogP contribution >= 0.6 is 0 Å². The van der Waals surface area contributed by atoms with E-state index in [2.05, 4.69) is 19.2 Å². The number of aldehydes is 1. The molecule has 0 fully saturated rings. The van der Waals surface area contributed by atoms with Gasteiger partial charge in [-0.25, -0.2) is 0 Å². The summed E-state index contributed by atoms with van der Waals surface area (Å²) >= 11 is 0. The summed E-state index contributed by atoms with van der Waals surface area (Å²) in [6.45, 7) is 4.15. The predicted molar refractivity (Wildman–Crippen MR) is 67.8 cm³/mol. The highest BCUT2D eigenvalue weighted by atomic mass is 16.1. The predicted octanol–water partition coefficient (Wildman–Crippen LogP) is 2.42. The van der Waals surface area contributed by atoms with Crippen molar-refractivity contribution in [1.29, 1.82) is 0 Å². The highest BCUT2D eigenvalue weighted by Crippen LogP contribution is 2.08. The Bertz CT molecular complexity index is 360. The molecule has 1 aromatic carbocycles. The van der Waals surface area contributed by atoms with Gasteiger partial charge in [0.15, 0.2) is 0 Å². The molecule has 1 amide bonds. The lowest BCUT2D eigenvalue weighted by Gasteiger charge is -2.18. The second-order valence-corrected chi connectivity index (χ2v) is 4.57. The van der Waals surface area contributed by atoms with Gasteiger partial charge in [-0.05, 0) is 24.5 Å². The van der Waals surface area contributed by atoms with Gasteiger partial charge in [-0.3, -0.25) is 4.79 Å². The Balaban J connectivity index is 2.60. The molecule has 1 N–H and O–H groups in total. The zero-order chi connectivity index (χ0) is 12.7. The van der Waals surface area contributed by atoms with Crippen LogP contribution in [0.15, 0.2) is 30.3 Å². The number of hydrogen-bond donors (Lipinski definition) is 1. The van der Waals surface area contributed by atoms with E-state index in [0.29, 0.717) is 17.9 Å². The van der Waals surface area contributed by atoms with Crippen molar-refractivity contribution in [3.8, 4) is 0 Å². The van der Waals surface area contributed by atoms with Crippen LogP contribution in [0.25, 0.3) is 0 Å². The van der Waals surface area contributed by atoms with E-state index in [0.717, 1.165) is 12.7 Å². The quantitative estimate of drug-likeness (QED) is 0.767. The first-order valence-corrected chi connectivity index (χ1v) is 5.93. The van der Waals surface area contributed by atoms with Crippen molar-refractivity contribution in [1.82, 2.24) is 5.32 Å². The van der Waals surface area contributed by atoms with Gasteiger partial charge in [0, 0.05) is 18.0 Å². The molecule has 0 spiro atoms. The van der Waals surface area contributed by atoms with Crippen LogP contribution in [0.5, 0.6) is 0 Å². The van der Waals surface area contributed by atoms with Gasteiger partial charge in [-0.15, -0.1) is 0 Å². The smallest absolute Gasteiger partial charge is 0.251 e. The summed E-state index contributed by atoms with van der Waals surface area (Å²) in [5, 5.41) is 2.90. The Hall–Kier alpha value is -1.64. The Kier molecular flexibility index (Phi) is 5.40. The van der Waals surface area contributed by atoms with E-state index in [9.17, 15) is 9.59 Å². The summed E-state index contributed by atoms with van der Waals surface area (Å²) in [6, 6.07) is 8.98. The molecular weight excluding hydrogens is 214 g/mol. The topological polar surface area (TPSA) is 46.2 Å². The summed E-state index contributed by atoms with van der Waals surface area (Å²) in [6.07, 6.45) is 2.05. The highest BCUT2D eigenvalue weighted by molar-refractivity contribution is 5.94. The standard InChI is InChI=1S/C14H19NO2/c1-11(2)10-13(8-9-16)15-14(17)12-6-4-3-5-7-12/h3-7,9,11,13H,8,10H2,1-2H3,(H,15,17). The highest BCUT2D eigenvalue weighted by Gasteiger charge is 2.14. The van der Waals surface area contributed by atoms with Crippen molar-refractivity contribution < 1.29 is 9.59 Å². The molecule has 0 bridgehead atoms. The average molecular weight is 233 g/mol. The van der Waals surface area contributed by atoms with Gasteiger partial charge in [0.2, 0.25) is 0 Å². The summed E-state index contributed by atoms with van der Waals surface area (Å²) in [4.78, 5) is 22.4. The molecule has 1 atom stereocenters. The third-order valence-electron chi connectivity index (χ3n) is 2.51. The van der Waals surface area contributed by atoms with Gasteiger partial charge in [0.25, 0.3) is 5.91 Å². The number of amides is 1. The normalized spacial score (nSPS) is 12.2. The fraction of sp³-hybridized carbons (Fsp3) is 0.429. The lowest BCUT2D eigenvalue weighted by atomic mass is 10.0. The summed E-state index contributed by atoms with van der Waals surface area (Å²) in [7, 11) is 0. The van der Waals surface area contributed by atoms with E-state index in [1.807, 2.05) is 18.2 Å². The molecule has 92 valence electrons. The Morgan fingerprint density at radius 3 is 2.47 bits per heavy atom. The van der Waals surface area contributed by atoms with Crippen LogP contribution in [0, 0.1) is 5.92 Å². The Morgan fingerprint density at radius 2 is 1.94 bits per heavy atom. The summed E-state index contributed by atoms with van der Waals surface area (Å²) in [5.74, 6) is 0.342. The van der Waals surface area contributed by atoms with Gasteiger partial charge in [0.05, 0.1) is 0 Å². The monoisotopic (exact) mass is 233 g/mol. The maximum atomic E-state index is 11.9. The summed E-state index contributed by atoms with van der Waals surface area (Å²) < 4.78 is 0. The molecule has 1 rings (SSSR count). The number of hydrogen-bond acceptors (Lipinski definition) is 2. The van der Waals surface area contributed by atoms with Crippen LogP contribution in [-0.2, 0) is 4.79 Å². The van der Waals surface area contributed by atoms with Crippen molar-refractivity contribution in [3.05, 3.63) is 35.9 Å². The molecule has 0 saturated carbocycles. The SMILES string of the molecule is CC(C)CC(CC=O)NC(=O)c1ccccc1. The lowest BCUT2D eigenvalue weighted by Crippen LogP contribution is -2.36. The summed E-state index contributed by atoms with van der Waals surface area (Å²) in [5.41, 5.74) is 0.632. The van der Waals surface area contributed by atoms with E-state index in [1.54, 1.807) is 12.1 Å².